The molecule has 0 unspecified atom stereocenters. The summed E-state index contributed by atoms with van der Waals surface area (Å²) in [5, 5.41) is 0. The van der Waals surface area contributed by atoms with Crippen molar-refractivity contribution in [2.24, 2.45) is 0 Å². The van der Waals surface area contributed by atoms with Gasteiger partial charge in [0, 0.05) is 19.6 Å². The van der Waals surface area contributed by atoms with Crippen molar-refractivity contribution >= 4 is 6.29 Å². The largest absolute Gasteiger partial charge is 0.370 e. The first-order chi connectivity index (χ1) is 8.38. The van der Waals surface area contributed by atoms with Gasteiger partial charge in [-0.3, -0.25) is 9.69 Å². The number of benzene rings is 1. The third-order valence-corrected chi connectivity index (χ3v) is 3.16. The van der Waals surface area contributed by atoms with Crippen LogP contribution in [-0.4, -0.2) is 37.0 Å². The van der Waals surface area contributed by atoms with Crippen LogP contribution in [0.1, 0.15) is 18.4 Å². The fraction of sp³-hybridized carbons (Fsp3) is 0.500. The third-order valence-electron chi connectivity index (χ3n) is 3.16. The van der Waals surface area contributed by atoms with E-state index in [0.717, 1.165) is 32.5 Å². The molecule has 0 bridgehead atoms. The summed E-state index contributed by atoms with van der Waals surface area (Å²) in [5.41, 5.74) is 1.35. The van der Waals surface area contributed by atoms with Gasteiger partial charge in [0.05, 0.1) is 6.10 Å². The van der Waals surface area contributed by atoms with Gasteiger partial charge in [0.2, 0.25) is 6.29 Å². The molecule has 0 aliphatic carbocycles. The van der Waals surface area contributed by atoms with Gasteiger partial charge in [-0.2, -0.15) is 0 Å². The van der Waals surface area contributed by atoms with Crippen LogP contribution >= 0.6 is 0 Å². The van der Waals surface area contributed by atoms with E-state index >= 15 is 0 Å². The van der Waals surface area contributed by atoms with Crippen molar-refractivity contribution in [3.8, 4) is 0 Å². The second-order valence-corrected chi connectivity index (χ2v) is 4.42. The highest BCUT2D eigenvalue weighted by atomic mass is 16.5. The van der Waals surface area contributed by atoms with Crippen molar-refractivity contribution in [3.63, 3.8) is 0 Å². The van der Waals surface area contributed by atoms with E-state index in [2.05, 4.69) is 29.2 Å². The van der Waals surface area contributed by atoms with E-state index in [4.69, 9.17) is 4.74 Å². The van der Waals surface area contributed by atoms with Crippen LogP contribution < -0.4 is 0 Å². The van der Waals surface area contributed by atoms with Gasteiger partial charge in [0.1, 0.15) is 6.61 Å². The van der Waals surface area contributed by atoms with Crippen molar-refractivity contribution in [1.29, 1.82) is 0 Å². The Kier molecular flexibility index (Phi) is 4.71. The molecule has 1 aliphatic heterocycles. The molecular formula is C14H18NO2. The van der Waals surface area contributed by atoms with Gasteiger partial charge in [0.15, 0.2) is 0 Å². The fourth-order valence-corrected chi connectivity index (χ4v) is 2.23. The summed E-state index contributed by atoms with van der Waals surface area (Å²) in [5.74, 6) is 0. The maximum Gasteiger partial charge on any atom is 0.226 e. The SMILES string of the molecule is O=[C]COC1CCN(Cc2ccccc2)CC1. The number of hydrogen-bond acceptors (Lipinski definition) is 3. The van der Waals surface area contributed by atoms with Crippen molar-refractivity contribution < 1.29 is 9.53 Å². The number of hydrogen-bond donors (Lipinski definition) is 0. The highest BCUT2D eigenvalue weighted by Crippen LogP contribution is 2.15. The molecule has 0 amide bonds. The Hall–Kier alpha value is -1.19. The van der Waals surface area contributed by atoms with Gasteiger partial charge in [-0.15, -0.1) is 0 Å². The van der Waals surface area contributed by atoms with Gasteiger partial charge < -0.3 is 4.74 Å². The average Bonchev–Trinajstić information content (AvgIpc) is 2.39. The average molecular weight is 232 g/mol. The Balaban J connectivity index is 1.74. The van der Waals surface area contributed by atoms with E-state index in [9.17, 15) is 4.79 Å². The topological polar surface area (TPSA) is 29.5 Å². The Morgan fingerprint density at radius 3 is 2.59 bits per heavy atom. The van der Waals surface area contributed by atoms with E-state index in [1.807, 2.05) is 6.07 Å². The van der Waals surface area contributed by atoms with E-state index in [-0.39, 0.29) is 12.7 Å². The van der Waals surface area contributed by atoms with E-state index < -0.39 is 0 Å². The zero-order valence-electron chi connectivity index (χ0n) is 9.97. The second kappa shape index (κ2) is 6.52. The summed E-state index contributed by atoms with van der Waals surface area (Å²) in [6.07, 6.45) is 4.04. The highest BCUT2D eigenvalue weighted by Gasteiger charge is 2.19. The number of likely N-dealkylation sites (tertiary alicyclic amines) is 1. The minimum Gasteiger partial charge on any atom is -0.370 e. The molecule has 17 heavy (non-hydrogen) atoms. The van der Waals surface area contributed by atoms with Crippen molar-refractivity contribution in [3.05, 3.63) is 35.9 Å². The quantitative estimate of drug-likeness (QED) is 0.775. The molecule has 0 saturated carbocycles. The van der Waals surface area contributed by atoms with Gasteiger partial charge in [-0.1, -0.05) is 30.3 Å². The molecule has 3 nitrogen and oxygen atoms in total. The maximum absolute atomic E-state index is 10.1. The number of piperidine rings is 1. The minimum atomic E-state index is 0.114. The van der Waals surface area contributed by atoms with Crippen LogP contribution in [0.15, 0.2) is 30.3 Å². The molecule has 3 heteroatoms. The molecule has 1 saturated heterocycles. The fourth-order valence-electron chi connectivity index (χ4n) is 2.23. The van der Waals surface area contributed by atoms with Crippen molar-refractivity contribution in [2.45, 2.75) is 25.5 Å². The molecule has 0 aromatic heterocycles. The second-order valence-electron chi connectivity index (χ2n) is 4.42. The Bertz CT molecular complexity index is 331. The molecule has 1 fully saturated rings. The normalized spacial score (nSPS) is 18.1. The van der Waals surface area contributed by atoms with Crippen LogP contribution in [0.4, 0.5) is 0 Å². The molecule has 1 aromatic carbocycles. The lowest BCUT2D eigenvalue weighted by atomic mass is 10.1. The molecule has 0 spiro atoms. The molecule has 1 radical (unpaired) electrons. The van der Waals surface area contributed by atoms with Crippen LogP contribution in [0, 0.1) is 0 Å². The standard InChI is InChI=1S/C14H18NO2/c16-10-11-17-14-6-8-15(9-7-14)12-13-4-2-1-3-5-13/h1-5,14H,6-9,11-12H2. The lowest BCUT2D eigenvalue weighted by Gasteiger charge is -2.31. The predicted octanol–water partition coefficient (Wildman–Crippen LogP) is 1.78. The summed E-state index contributed by atoms with van der Waals surface area (Å²) < 4.78 is 5.38. The zero-order chi connectivity index (χ0) is 11.9. The third kappa shape index (κ3) is 3.95. The van der Waals surface area contributed by atoms with Crippen molar-refractivity contribution in [2.75, 3.05) is 19.7 Å². The summed E-state index contributed by atoms with van der Waals surface area (Å²) in [6, 6.07) is 10.5. The van der Waals surface area contributed by atoms with Gasteiger partial charge >= 0.3 is 0 Å². The molecule has 2 rings (SSSR count). The Morgan fingerprint density at radius 2 is 1.94 bits per heavy atom. The van der Waals surface area contributed by atoms with E-state index in [1.165, 1.54) is 5.56 Å². The van der Waals surface area contributed by atoms with Gasteiger partial charge in [0.25, 0.3) is 0 Å². The predicted molar refractivity (Wildman–Crippen MR) is 66.4 cm³/mol. The maximum atomic E-state index is 10.1. The lowest BCUT2D eigenvalue weighted by Crippen LogP contribution is -2.36. The first kappa shape index (κ1) is 12.3. The lowest BCUT2D eigenvalue weighted by molar-refractivity contribution is 0.0245. The number of rotatable bonds is 5. The van der Waals surface area contributed by atoms with Gasteiger partial charge in [-0.05, 0) is 18.4 Å². The minimum absolute atomic E-state index is 0.114. The smallest absolute Gasteiger partial charge is 0.226 e. The monoisotopic (exact) mass is 232 g/mol. The van der Waals surface area contributed by atoms with Crippen LogP contribution in [0.2, 0.25) is 0 Å². The van der Waals surface area contributed by atoms with Crippen LogP contribution in [0.25, 0.3) is 0 Å². The van der Waals surface area contributed by atoms with E-state index in [0.29, 0.717) is 0 Å². The van der Waals surface area contributed by atoms with E-state index in [1.54, 1.807) is 6.29 Å². The summed E-state index contributed by atoms with van der Waals surface area (Å²) in [4.78, 5) is 12.5. The molecule has 1 aromatic rings. The molecule has 0 N–H and O–H groups in total. The molecule has 91 valence electrons. The summed E-state index contributed by atoms with van der Waals surface area (Å²) in [6.45, 7) is 3.20. The van der Waals surface area contributed by atoms with Crippen LogP contribution in [0.3, 0.4) is 0 Å². The molecular weight excluding hydrogens is 214 g/mol. The first-order valence-corrected chi connectivity index (χ1v) is 6.11. The summed E-state index contributed by atoms with van der Waals surface area (Å²) >= 11 is 0. The first-order valence-electron chi connectivity index (χ1n) is 6.11. The van der Waals surface area contributed by atoms with Crippen molar-refractivity contribution in [1.82, 2.24) is 4.90 Å². The van der Waals surface area contributed by atoms with Gasteiger partial charge in [-0.25, -0.2) is 0 Å². The number of carbonyl (C=O) groups excluding carboxylic acids is 1. The van der Waals surface area contributed by atoms with Crippen LogP contribution in [-0.2, 0) is 16.1 Å². The Labute approximate surface area is 102 Å². The highest BCUT2D eigenvalue weighted by molar-refractivity contribution is 5.51. The van der Waals surface area contributed by atoms with Crippen LogP contribution in [0.5, 0.6) is 0 Å². The molecule has 0 atom stereocenters. The zero-order valence-corrected chi connectivity index (χ0v) is 9.97. The molecule has 1 heterocycles. The number of nitrogens with zero attached hydrogens (tertiary/aromatic N) is 1. The Morgan fingerprint density at radius 1 is 1.24 bits per heavy atom. The summed E-state index contributed by atoms with van der Waals surface area (Å²) in [7, 11) is 0. The molecule has 1 aliphatic rings. The number of ether oxygens (including phenoxy) is 1.